The van der Waals surface area contributed by atoms with Crippen molar-refractivity contribution in [2.24, 2.45) is 0 Å². The molecule has 0 fully saturated rings. The Morgan fingerprint density at radius 3 is 2.40 bits per heavy atom. The van der Waals surface area contributed by atoms with Crippen LogP contribution < -0.4 is 9.62 Å². The van der Waals surface area contributed by atoms with E-state index in [0.29, 0.717) is 27.2 Å². The molecule has 0 atom stereocenters. The van der Waals surface area contributed by atoms with Crippen molar-refractivity contribution < 1.29 is 17.6 Å². The number of nitrogens with one attached hydrogen (secondary N) is 1. The van der Waals surface area contributed by atoms with Crippen LogP contribution >= 0.6 is 22.9 Å². The highest BCUT2D eigenvalue weighted by Gasteiger charge is 2.23. The summed E-state index contributed by atoms with van der Waals surface area (Å²) in [4.78, 5) is 19.8. The maximum absolute atomic E-state index is 13.5. The minimum atomic E-state index is -3.80. The molecule has 7 nitrogen and oxygen atoms in total. The van der Waals surface area contributed by atoms with Gasteiger partial charge in [-0.25, -0.2) is 13.4 Å². The summed E-state index contributed by atoms with van der Waals surface area (Å²) in [5.41, 5.74) is 1.51. The first kappa shape index (κ1) is 23.1. The van der Waals surface area contributed by atoms with Crippen LogP contribution in [0.5, 0.6) is 0 Å². The quantitative estimate of drug-likeness (QED) is 0.274. The molecule has 10 heteroatoms. The van der Waals surface area contributed by atoms with Crippen LogP contribution in [0.1, 0.15) is 16.1 Å². The van der Waals surface area contributed by atoms with E-state index in [-0.39, 0.29) is 17.3 Å². The molecule has 0 aliphatic heterocycles. The Balaban J connectivity index is 1.41. The summed E-state index contributed by atoms with van der Waals surface area (Å²) in [6, 6.07) is 23.3. The molecule has 0 unspecified atom stereocenters. The molecule has 0 saturated carbocycles. The maximum atomic E-state index is 13.5. The van der Waals surface area contributed by atoms with E-state index in [1.54, 1.807) is 47.6 Å². The van der Waals surface area contributed by atoms with E-state index in [4.69, 9.17) is 16.0 Å². The van der Waals surface area contributed by atoms with Gasteiger partial charge in [-0.2, -0.15) is 0 Å². The summed E-state index contributed by atoms with van der Waals surface area (Å²) in [5, 5.41) is 0.985. The number of thiazole rings is 1. The summed E-state index contributed by atoms with van der Waals surface area (Å²) in [7, 11) is -3.80. The Hall–Kier alpha value is -3.66. The lowest BCUT2D eigenvalue weighted by Crippen LogP contribution is -2.30. The third kappa shape index (κ3) is 5.07. The lowest BCUT2D eigenvalue weighted by Gasteiger charge is -2.19. The maximum Gasteiger partial charge on any atom is 0.261 e. The molecular formula is C25H18ClN3O4S2. The molecule has 35 heavy (non-hydrogen) atoms. The van der Waals surface area contributed by atoms with Crippen LogP contribution in [0.25, 0.3) is 10.2 Å². The number of benzene rings is 3. The normalized spacial score (nSPS) is 11.5. The van der Waals surface area contributed by atoms with E-state index in [9.17, 15) is 13.2 Å². The van der Waals surface area contributed by atoms with E-state index in [0.717, 1.165) is 10.2 Å². The monoisotopic (exact) mass is 523 g/mol. The van der Waals surface area contributed by atoms with Gasteiger partial charge in [-0.1, -0.05) is 35.1 Å². The minimum absolute atomic E-state index is 0.0857. The molecule has 0 aliphatic rings. The van der Waals surface area contributed by atoms with Crippen LogP contribution in [-0.4, -0.2) is 19.3 Å². The molecular weight excluding hydrogens is 506 g/mol. The summed E-state index contributed by atoms with van der Waals surface area (Å²) < 4.78 is 34.2. The molecule has 0 saturated heterocycles. The fraction of sp³-hybridized carbons (Fsp3) is 0.0400. The summed E-state index contributed by atoms with van der Waals surface area (Å²) >= 11 is 7.26. The average molecular weight is 524 g/mol. The third-order valence-corrected chi connectivity index (χ3v) is 7.87. The summed E-state index contributed by atoms with van der Waals surface area (Å²) in [6.07, 6.45) is 1.55. The zero-order valence-corrected chi connectivity index (χ0v) is 20.5. The van der Waals surface area contributed by atoms with Crippen molar-refractivity contribution in [3.05, 3.63) is 108 Å². The molecule has 5 aromatic rings. The number of fused-ring (bicyclic) bond motifs is 1. The van der Waals surface area contributed by atoms with Gasteiger partial charge >= 0.3 is 0 Å². The molecule has 3 aromatic carbocycles. The first-order valence-electron chi connectivity index (χ1n) is 10.5. The van der Waals surface area contributed by atoms with Gasteiger partial charge in [0.25, 0.3) is 15.9 Å². The van der Waals surface area contributed by atoms with Crippen molar-refractivity contribution in [1.82, 2.24) is 4.98 Å². The number of furan rings is 1. The number of aromatic nitrogens is 1. The van der Waals surface area contributed by atoms with Gasteiger partial charge in [0.05, 0.1) is 27.9 Å². The number of nitrogens with zero attached hydrogens (tertiary/aromatic N) is 2. The number of sulfonamides is 1. The smallest absolute Gasteiger partial charge is 0.261 e. The van der Waals surface area contributed by atoms with Gasteiger partial charge in [-0.15, -0.1) is 0 Å². The number of hydrogen-bond donors (Lipinski definition) is 1. The zero-order valence-electron chi connectivity index (χ0n) is 18.1. The van der Waals surface area contributed by atoms with Gasteiger partial charge in [0.15, 0.2) is 5.13 Å². The van der Waals surface area contributed by atoms with Crippen LogP contribution in [0.3, 0.4) is 0 Å². The SMILES string of the molecule is O=C(c1ccc(NS(=O)(=O)c2ccc(Cl)cc2)cc1)N(Cc1ccco1)c1nc2ccccc2s1. The lowest BCUT2D eigenvalue weighted by atomic mass is 10.2. The van der Waals surface area contributed by atoms with Gasteiger partial charge < -0.3 is 4.42 Å². The largest absolute Gasteiger partial charge is 0.467 e. The standard InChI is InChI=1S/C25H18ClN3O4S2/c26-18-9-13-21(14-10-18)35(31,32)28-19-11-7-17(8-12-19)24(30)29(16-20-4-3-15-33-20)25-27-22-5-1-2-6-23(22)34-25/h1-15,28H,16H2. The van der Waals surface area contributed by atoms with E-state index in [2.05, 4.69) is 9.71 Å². The van der Waals surface area contributed by atoms with Crippen molar-refractivity contribution in [2.45, 2.75) is 11.4 Å². The fourth-order valence-electron chi connectivity index (χ4n) is 3.42. The average Bonchev–Trinajstić information content (AvgIpc) is 3.52. The molecule has 2 aromatic heterocycles. The van der Waals surface area contributed by atoms with E-state index in [1.165, 1.54) is 35.6 Å². The predicted molar refractivity (Wildman–Crippen MR) is 138 cm³/mol. The molecule has 0 aliphatic carbocycles. The second-order valence-corrected chi connectivity index (χ2v) is 10.7. The summed E-state index contributed by atoms with van der Waals surface area (Å²) in [5.74, 6) is 0.331. The Kier molecular flexibility index (Phi) is 6.29. The number of anilines is 2. The highest BCUT2D eigenvalue weighted by Crippen LogP contribution is 2.31. The van der Waals surface area contributed by atoms with E-state index in [1.807, 2.05) is 24.3 Å². The Morgan fingerprint density at radius 1 is 0.971 bits per heavy atom. The minimum Gasteiger partial charge on any atom is -0.467 e. The van der Waals surface area contributed by atoms with Crippen LogP contribution in [0.2, 0.25) is 5.02 Å². The van der Waals surface area contributed by atoms with Gasteiger partial charge in [0.2, 0.25) is 0 Å². The van der Waals surface area contributed by atoms with Crippen LogP contribution in [0.15, 0.2) is 101 Å². The number of carbonyl (C=O) groups is 1. The van der Waals surface area contributed by atoms with Crippen molar-refractivity contribution in [2.75, 3.05) is 9.62 Å². The van der Waals surface area contributed by atoms with E-state index >= 15 is 0 Å². The second-order valence-electron chi connectivity index (χ2n) is 7.57. The molecule has 0 radical (unpaired) electrons. The highest BCUT2D eigenvalue weighted by atomic mass is 35.5. The number of halogens is 1. The number of hydrogen-bond acceptors (Lipinski definition) is 6. The molecule has 5 rings (SSSR count). The van der Waals surface area contributed by atoms with Crippen molar-refractivity contribution in [1.29, 1.82) is 0 Å². The second kappa shape index (κ2) is 9.53. The molecule has 0 bridgehead atoms. The Bertz CT molecular complexity index is 1550. The van der Waals surface area contributed by atoms with Gasteiger partial charge in [-0.3, -0.25) is 14.4 Å². The molecule has 176 valence electrons. The molecule has 2 heterocycles. The van der Waals surface area contributed by atoms with Gasteiger partial charge in [0, 0.05) is 16.3 Å². The number of carbonyl (C=O) groups excluding carboxylic acids is 1. The predicted octanol–water partition coefficient (Wildman–Crippen LogP) is 6.19. The first-order valence-corrected chi connectivity index (χ1v) is 13.2. The molecule has 1 amide bonds. The summed E-state index contributed by atoms with van der Waals surface area (Å²) in [6.45, 7) is 0.205. The highest BCUT2D eigenvalue weighted by molar-refractivity contribution is 7.92. The molecule has 0 spiro atoms. The topological polar surface area (TPSA) is 92.5 Å². The molecule has 1 N–H and O–H groups in total. The third-order valence-electron chi connectivity index (χ3n) is 5.16. The van der Waals surface area contributed by atoms with Crippen molar-refractivity contribution in [3.63, 3.8) is 0 Å². The van der Waals surface area contributed by atoms with Gasteiger partial charge in [0.1, 0.15) is 5.76 Å². The lowest BCUT2D eigenvalue weighted by molar-refractivity contribution is 0.0983. The first-order chi connectivity index (χ1) is 16.9. The van der Waals surface area contributed by atoms with Crippen LogP contribution in [0, 0.1) is 0 Å². The Morgan fingerprint density at radius 2 is 1.71 bits per heavy atom. The van der Waals surface area contributed by atoms with Crippen LogP contribution in [-0.2, 0) is 16.6 Å². The fourth-order valence-corrected chi connectivity index (χ4v) is 5.57. The number of para-hydroxylation sites is 1. The van der Waals surface area contributed by atoms with E-state index < -0.39 is 10.0 Å². The Labute approximate surface area is 210 Å². The van der Waals surface area contributed by atoms with Crippen molar-refractivity contribution in [3.8, 4) is 0 Å². The van der Waals surface area contributed by atoms with Crippen LogP contribution in [0.4, 0.5) is 10.8 Å². The number of rotatable bonds is 7. The van der Waals surface area contributed by atoms with Gasteiger partial charge in [-0.05, 0) is 72.8 Å². The zero-order chi connectivity index (χ0) is 24.4. The van der Waals surface area contributed by atoms with Crippen molar-refractivity contribution >= 4 is 59.9 Å². The number of amides is 1.